The molecule has 1 saturated heterocycles. The Labute approximate surface area is 117 Å². The van der Waals surface area contributed by atoms with Crippen LogP contribution >= 0.6 is 0 Å². The van der Waals surface area contributed by atoms with Crippen molar-refractivity contribution in [3.05, 3.63) is 35.4 Å². The lowest BCUT2D eigenvalue weighted by atomic mass is 9.97. The Morgan fingerprint density at radius 3 is 2.65 bits per heavy atom. The van der Waals surface area contributed by atoms with Crippen LogP contribution in [0.25, 0.3) is 0 Å². The molecule has 0 radical (unpaired) electrons. The van der Waals surface area contributed by atoms with Crippen molar-refractivity contribution in [1.82, 2.24) is 4.90 Å². The summed E-state index contributed by atoms with van der Waals surface area (Å²) in [7, 11) is 0. The summed E-state index contributed by atoms with van der Waals surface area (Å²) in [4.78, 5) is 2.03. The van der Waals surface area contributed by atoms with Gasteiger partial charge in [-0.25, -0.2) is 8.78 Å². The lowest BCUT2D eigenvalue weighted by Crippen LogP contribution is -2.47. The van der Waals surface area contributed by atoms with E-state index in [1.165, 1.54) is 6.07 Å². The summed E-state index contributed by atoms with van der Waals surface area (Å²) in [6.07, 6.45) is 1.63. The Kier molecular flexibility index (Phi) is 5.07. The number of rotatable bonds is 4. The minimum atomic E-state index is -0.952. The Morgan fingerprint density at radius 1 is 1.25 bits per heavy atom. The zero-order valence-electron chi connectivity index (χ0n) is 11.6. The molecule has 0 unspecified atom stereocenters. The SMILES string of the molecule is C[C@H](O)[C@@H]1CCCCN1C[C@@H](O)c1ccc(F)c(F)c1. The number of halogens is 2. The fourth-order valence-corrected chi connectivity index (χ4v) is 2.84. The molecule has 0 spiro atoms. The smallest absolute Gasteiger partial charge is 0.159 e. The second-order valence-electron chi connectivity index (χ2n) is 5.49. The first-order chi connectivity index (χ1) is 9.49. The molecule has 112 valence electrons. The average Bonchev–Trinajstić information content (AvgIpc) is 2.42. The van der Waals surface area contributed by atoms with Crippen molar-refractivity contribution in [1.29, 1.82) is 0 Å². The lowest BCUT2D eigenvalue weighted by molar-refractivity contribution is 0.00755. The number of likely N-dealkylation sites (tertiary alicyclic amines) is 1. The van der Waals surface area contributed by atoms with Gasteiger partial charge in [0.1, 0.15) is 0 Å². The van der Waals surface area contributed by atoms with Crippen LogP contribution in [0, 0.1) is 11.6 Å². The third-order valence-corrected chi connectivity index (χ3v) is 3.96. The fraction of sp³-hybridized carbons (Fsp3) is 0.600. The van der Waals surface area contributed by atoms with Crippen LogP contribution in [0.4, 0.5) is 8.78 Å². The van der Waals surface area contributed by atoms with Gasteiger partial charge in [-0.3, -0.25) is 4.90 Å². The molecule has 3 nitrogen and oxygen atoms in total. The van der Waals surface area contributed by atoms with Gasteiger partial charge in [-0.1, -0.05) is 12.5 Å². The van der Waals surface area contributed by atoms with E-state index in [0.717, 1.165) is 37.9 Å². The quantitative estimate of drug-likeness (QED) is 0.891. The first-order valence-corrected chi connectivity index (χ1v) is 7.04. The van der Waals surface area contributed by atoms with Gasteiger partial charge in [-0.2, -0.15) is 0 Å². The highest BCUT2D eigenvalue weighted by Gasteiger charge is 2.28. The van der Waals surface area contributed by atoms with E-state index in [1.807, 2.05) is 4.90 Å². The van der Waals surface area contributed by atoms with Gasteiger partial charge >= 0.3 is 0 Å². The predicted molar refractivity (Wildman–Crippen MR) is 72.2 cm³/mol. The van der Waals surface area contributed by atoms with E-state index in [4.69, 9.17) is 0 Å². The molecule has 1 aliphatic rings. The van der Waals surface area contributed by atoms with Gasteiger partial charge in [0.05, 0.1) is 12.2 Å². The van der Waals surface area contributed by atoms with Gasteiger partial charge in [0.2, 0.25) is 0 Å². The Morgan fingerprint density at radius 2 is 2.00 bits per heavy atom. The molecule has 1 heterocycles. The molecule has 0 saturated carbocycles. The molecular formula is C15H21F2NO2. The minimum absolute atomic E-state index is 0.0173. The van der Waals surface area contributed by atoms with E-state index in [0.29, 0.717) is 12.1 Å². The van der Waals surface area contributed by atoms with E-state index >= 15 is 0 Å². The van der Waals surface area contributed by atoms with E-state index in [-0.39, 0.29) is 6.04 Å². The maximum Gasteiger partial charge on any atom is 0.159 e. The van der Waals surface area contributed by atoms with Gasteiger partial charge in [-0.05, 0) is 44.0 Å². The summed E-state index contributed by atoms with van der Waals surface area (Å²) in [5.41, 5.74) is 0.360. The molecular weight excluding hydrogens is 264 g/mol. The number of piperidine rings is 1. The van der Waals surface area contributed by atoms with Crippen LogP contribution in [0.1, 0.15) is 37.9 Å². The Balaban J connectivity index is 2.05. The van der Waals surface area contributed by atoms with Crippen molar-refractivity contribution in [3.8, 4) is 0 Å². The molecule has 1 aromatic carbocycles. The van der Waals surface area contributed by atoms with E-state index in [2.05, 4.69) is 0 Å². The van der Waals surface area contributed by atoms with Crippen LogP contribution in [0.3, 0.4) is 0 Å². The third kappa shape index (κ3) is 3.53. The van der Waals surface area contributed by atoms with Crippen LogP contribution in [0.2, 0.25) is 0 Å². The number of β-amino-alcohol motifs (C(OH)–C–C–N with tert-alkyl or cyclic N) is 1. The summed E-state index contributed by atoms with van der Waals surface area (Å²) in [6, 6.07) is 3.46. The number of nitrogens with zero attached hydrogens (tertiary/aromatic N) is 1. The maximum absolute atomic E-state index is 13.2. The highest BCUT2D eigenvalue weighted by atomic mass is 19.2. The molecule has 0 amide bonds. The first-order valence-electron chi connectivity index (χ1n) is 7.04. The monoisotopic (exact) mass is 285 g/mol. The van der Waals surface area contributed by atoms with Crippen LogP contribution in [-0.2, 0) is 0 Å². The van der Waals surface area contributed by atoms with Crippen molar-refractivity contribution in [2.75, 3.05) is 13.1 Å². The van der Waals surface area contributed by atoms with Crippen molar-refractivity contribution in [3.63, 3.8) is 0 Å². The largest absolute Gasteiger partial charge is 0.392 e. The number of hydrogen-bond acceptors (Lipinski definition) is 3. The molecule has 0 bridgehead atoms. The minimum Gasteiger partial charge on any atom is -0.392 e. The van der Waals surface area contributed by atoms with E-state index in [1.54, 1.807) is 6.92 Å². The average molecular weight is 285 g/mol. The van der Waals surface area contributed by atoms with Gasteiger partial charge < -0.3 is 10.2 Å². The van der Waals surface area contributed by atoms with Crippen LogP contribution in [0.5, 0.6) is 0 Å². The number of aliphatic hydroxyl groups excluding tert-OH is 2. The lowest BCUT2D eigenvalue weighted by Gasteiger charge is -2.38. The van der Waals surface area contributed by atoms with Crippen molar-refractivity contribution < 1.29 is 19.0 Å². The molecule has 1 aliphatic heterocycles. The second-order valence-corrected chi connectivity index (χ2v) is 5.49. The van der Waals surface area contributed by atoms with Crippen LogP contribution in [-0.4, -0.2) is 40.3 Å². The molecule has 2 N–H and O–H groups in total. The van der Waals surface area contributed by atoms with Gasteiger partial charge in [0.25, 0.3) is 0 Å². The normalized spacial score (nSPS) is 23.6. The number of hydrogen-bond donors (Lipinski definition) is 2. The summed E-state index contributed by atoms with van der Waals surface area (Å²) >= 11 is 0. The van der Waals surface area contributed by atoms with E-state index in [9.17, 15) is 19.0 Å². The summed E-state index contributed by atoms with van der Waals surface area (Å²) in [6.45, 7) is 2.86. The standard InChI is InChI=1S/C15H21F2NO2/c1-10(19)14-4-2-3-7-18(14)9-15(20)11-5-6-12(16)13(17)8-11/h5-6,8,10,14-15,19-20H,2-4,7,9H2,1H3/t10-,14-,15+/m0/s1. The topological polar surface area (TPSA) is 43.7 Å². The zero-order valence-corrected chi connectivity index (χ0v) is 11.6. The number of aliphatic hydroxyl groups is 2. The third-order valence-electron chi connectivity index (χ3n) is 3.96. The molecule has 1 fully saturated rings. The molecule has 0 aromatic heterocycles. The summed E-state index contributed by atoms with van der Waals surface area (Å²) in [5, 5.41) is 20.0. The Hall–Kier alpha value is -1.04. The second kappa shape index (κ2) is 6.61. The molecule has 3 atom stereocenters. The van der Waals surface area contributed by atoms with Crippen LogP contribution < -0.4 is 0 Å². The summed E-state index contributed by atoms with van der Waals surface area (Å²) in [5.74, 6) is -1.87. The van der Waals surface area contributed by atoms with Crippen molar-refractivity contribution >= 4 is 0 Å². The molecule has 20 heavy (non-hydrogen) atoms. The zero-order chi connectivity index (χ0) is 14.7. The fourth-order valence-electron chi connectivity index (χ4n) is 2.84. The van der Waals surface area contributed by atoms with Crippen molar-refractivity contribution in [2.45, 2.75) is 44.4 Å². The maximum atomic E-state index is 13.2. The van der Waals surface area contributed by atoms with Gasteiger partial charge in [0.15, 0.2) is 11.6 Å². The van der Waals surface area contributed by atoms with Crippen LogP contribution in [0.15, 0.2) is 18.2 Å². The molecule has 0 aliphatic carbocycles. The van der Waals surface area contributed by atoms with Gasteiger partial charge in [0, 0.05) is 12.6 Å². The number of benzene rings is 1. The first kappa shape index (κ1) is 15.4. The highest BCUT2D eigenvalue weighted by Crippen LogP contribution is 2.24. The van der Waals surface area contributed by atoms with Gasteiger partial charge in [-0.15, -0.1) is 0 Å². The summed E-state index contributed by atoms with van der Waals surface area (Å²) < 4.78 is 26.1. The van der Waals surface area contributed by atoms with E-state index < -0.39 is 23.8 Å². The molecule has 5 heteroatoms. The highest BCUT2D eigenvalue weighted by molar-refractivity contribution is 5.20. The predicted octanol–water partition coefficient (Wildman–Crippen LogP) is 2.23. The molecule has 1 aromatic rings. The Bertz CT molecular complexity index is 453. The van der Waals surface area contributed by atoms with Crippen molar-refractivity contribution in [2.24, 2.45) is 0 Å². The molecule has 2 rings (SSSR count).